The van der Waals surface area contributed by atoms with Gasteiger partial charge >= 0.3 is 5.97 Å². The summed E-state index contributed by atoms with van der Waals surface area (Å²) in [5, 5.41) is 8.26. The van der Waals surface area contributed by atoms with Crippen LogP contribution in [0.25, 0.3) is 0 Å². The number of hydrogen-bond acceptors (Lipinski definition) is 1. The summed E-state index contributed by atoms with van der Waals surface area (Å²) in [4.78, 5) is 10.1. The van der Waals surface area contributed by atoms with E-state index >= 15 is 0 Å². The fourth-order valence-electron chi connectivity index (χ4n) is 0.375. The monoisotopic (exact) mass is 113 g/mol. The second kappa shape index (κ2) is 3.24. The fourth-order valence-corrected chi connectivity index (χ4v) is 0.375. The smallest absolute Gasteiger partial charge is 0.331 e. The first kappa shape index (κ1) is 7.21. The van der Waals surface area contributed by atoms with Crippen molar-refractivity contribution in [2.75, 3.05) is 0 Å². The van der Waals surface area contributed by atoms with E-state index in [-0.39, 0.29) is 0 Å². The van der Waals surface area contributed by atoms with Gasteiger partial charge in [0.05, 0.1) is 0 Å². The third kappa shape index (κ3) is 1.78. The van der Waals surface area contributed by atoms with E-state index in [0.717, 1.165) is 0 Å². The standard InChI is InChI=1S/C6H9O2/c1-3-5(4-2)6(7)8/h4H,1,3H2,2H3,(H,7,8). The van der Waals surface area contributed by atoms with Crippen LogP contribution in [-0.4, -0.2) is 11.1 Å². The number of hydrogen-bond donors (Lipinski definition) is 1. The van der Waals surface area contributed by atoms with Crippen molar-refractivity contribution in [3.8, 4) is 0 Å². The zero-order valence-electron chi connectivity index (χ0n) is 4.85. The van der Waals surface area contributed by atoms with Gasteiger partial charge in [0.2, 0.25) is 0 Å². The molecule has 0 aromatic heterocycles. The van der Waals surface area contributed by atoms with Gasteiger partial charge in [0.15, 0.2) is 0 Å². The quantitative estimate of drug-likeness (QED) is 0.547. The molecule has 0 amide bonds. The number of rotatable bonds is 2. The molecule has 0 spiro atoms. The lowest BCUT2D eigenvalue weighted by atomic mass is 10.2. The molecule has 0 rings (SSSR count). The van der Waals surface area contributed by atoms with Gasteiger partial charge in [-0.2, -0.15) is 0 Å². The Morgan fingerprint density at radius 2 is 2.38 bits per heavy atom. The van der Waals surface area contributed by atoms with E-state index in [1.807, 2.05) is 0 Å². The van der Waals surface area contributed by atoms with Gasteiger partial charge in [-0.3, -0.25) is 0 Å². The van der Waals surface area contributed by atoms with Gasteiger partial charge < -0.3 is 5.11 Å². The Bertz CT molecular complexity index is 114. The van der Waals surface area contributed by atoms with Crippen LogP contribution < -0.4 is 0 Å². The highest BCUT2D eigenvalue weighted by Crippen LogP contribution is 1.97. The molecule has 0 heterocycles. The molecule has 0 unspecified atom stereocenters. The average molecular weight is 113 g/mol. The molecule has 0 aliphatic rings. The first-order chi connectivity index (χ1) is 3.72. The fraction of sp³-hybridized carbons (Fsp3) is 0.333. The van der Waals surface area contributed by atoms with Crippen molar-refractivity contribution in [3.05, 3.63) is 18.6 Å². The summed E-state index contributed by atoms with van der Waals surface area (Å²) in [6.07, 6.45) is 1.90. The summed E-state index contributed by atoms with van der Waals surface area (Å²) in [5.74, 6) is -0.873. The van der Waals surface area contributed by atoms with Crippen molar-refractivity contribution in [2.45, 2.75) is 13.3 Å². The summed E-state index contributed by atoms with van der Waals surface area (Å²) in [7, 11) is 0. The molecule has 1 radical (unpaired) electrons. The van der Waals surface area contributed by atoms with Crippen LogP contribution in [0.1, 0.15) is 13.3 Å². The zero-order valence-corrected chi connectivity index (χ0v) is 4.85. The van der Waals surface area contributed by atoms with Crippen LogP contribution >= 0.6 is 0 Å². The average Bonchev–Trinajstić information content (AvgIpc) is 1.69. The van der Waals surface area contributed by atoms with E-state index in [1.165, 1.54) is 0 Å². The number of aliphatic carboxylic acids is 1. The van der Waals surface area contributed by atoms with Crippen LogP contribution in [-0.2, 0) is 4.79 Å². The van der Waals surface area contributed by atoms with Crippen molar-refractivity contribution in [2.24, 2.45) is 0 Å². The number of carboxylic acids is 1. The molecule has 1 N–H and O–H groups in total. The third-order valence-electron chi connectivity index (χ3n) is 0.893. The molecule has 0 aromatic rings. The van der Waals surface area contributed by atoms with E-state index in [4.69, 9.17) is 5.11 Å². The van der Waals surface area contributed by atoms with Crippen LogP contribution in [0.2, 0.25) is 0 Å². The number of carbonyl (C=O) groups is 1. The van der Waals surface area contributed by atoms with Gasteiger partial charge in [-0.05, 0) is 20.3 Å². The largest absolute Gasteiger partial charge is 0.478 e. The first-order valence-corrected chi connectivity index (χ1v) is 2.40. The van der Waals surface area contributed by atoms with Crippen molar-refractivity contribution >= 4 is 5.97 Å². The topological polar surface area (TPSA) is 37.3 Å². The second-order valence-corrected chi connectivity index (χ2v) is 1.37. The van der Waals surface area contributed by atoms with Crippen LogP contribution in [0, 0.1) is 6.92 Å². The van der Waals surface area contributed by atoms with Crippen molar-refractivity contribution in [1.29, 1.82) is 0 Å². The summed E-state index contributed by atoms with van der Waals surface area (Å²) in [5.41, 5.74) is 0.366. The minimum Gasteiger partial charge on any atom is -0.478 e. The minimum absolute atomic E-state index is 0.353. The minimum atomic E-state index is -0.873. The SMILES string of the molecule is [CH2]CC(=CC)C(=O)O. The van der Waals surface area contributed by atoms with E-state index in [2.05, 4.69) is 6.92 Å². The molecule has 0 saturated heterocycles. The summed E-state index contributed by atoms with van der Waals surface area (Å²) < 4.78 is 0. The molecule has 0 fully saturated rings. The lowest BCUT2D eigenvalue weighted by Gasteiger charge is -1.91. The highest BCUT2D eigenvalue weighted by atomic mass is 16.4. The maximum absolute atomic E-state index is 10.1. The normalized spacial score (nSPS) is 11.5. The van der Waals surface area contributed by atoms with Crippen LogP contribution in [0.4, 0.5) is 0 Å². The van der Waals surface area contributed by atoms with Gasteiger partial charge in [-0.1, -0.05) is 6.08 Å². The Labute approximate surface area is 48.8 Å². The zero-order chi connectivity index (χ0) is 6.57. The molecular weight excluding hydrogens is 104 g/mol. The number of allylic oxidation sites excluding steroid dienone is 1. The van der Waals surface area contributed by atoms with Crippen LogP contribution in [0.15, 0.2) is 11.6 Å². The molecule has 2 nitrogen and oxygen atoms in total. The molecule has 8 heavy (non-hydrogen) atoms. The Kier molecular flexibility index (Phi) is 2.92. The molecule has 0 aliphatic carbocycles. The van der Waals surface area contributed by atoms with Gasteiger partial charge in [-0.25, -0.2) is 4.79 Å². The van der Waals surface area contributed by atoms with Gasteiger partial charge in [0.25, 0.3) is 0 Å². The van der Waals surface area contributed by atoms with E-state index in [0.29, 0.717) is 12.0 Å². The van der Waals surface area contributed by atoms with E-state index in [9.17, 15) is 4.79 Å². The van der Waals surface area contributed by atoms with Gasteiger partial charge in [0.1, 0.15) is 0 Å². The van der Waals surface area contributed by atoms with Gasteiger partial charge in [-0.15, -0.1) is 0 Å². The van der Waals surface area contributed by atoms with Crippen molar-refractivity contribution in [1.82, 2.24) is 0 Å². The van der Waals surface area contributed by atoms with Crippen LogP contribution in [0.3, 0.4) is 0 Å². The molecule has 0 saturated carbocycles. The number of carboxylic acid groups (broad SMARTS) is 1. The first-order valence-electron chi connectivity index (χ1n) is 2.40. The highest BCUT2D eigenvalue weighted by Gasteiger charge is 1.99. The van der Waals surface area contributed by atoms with Crippen molar-refractivity contribution in [3.63, 3.8) is 0 Å². The predicted molar refractivity (Wildman–Crippen MR) is 31.4 cm³/mol. The molecular formula is C6H9O2. The van der Waals surface area contributed by atoms with E-state index < -0.39 is 5.97 Å². The molecule has 0 aromatic carbocycles. The molecule has 2 heteroatoms. The summed E-state index contributed by atoms with van der Waals surface area (Å²) in [6, 6.07) is 0. The molecule has 0 atom stereocenters. The lowest BCUT2D eigenvalue weighted by molar-refractivity contribution is -0.132. The molecule has 45 valence electrons. The predicted octanol–water partition coefficient (Wildman–Crippen LogP) is 1.24. The maximum Gasteiger partial charge on any atom is 0.331 e. The molecule has 0 aliphatic heterocycles. The van der Waals surface area contributed by atoms with Crippen LogP contribution in [0.5, 0.6) is 0 Å². The second-order valence-electron chi connectivity index (χ2n) is 1.37. The third-order valence-corrected chi connectivity index (χ3v) is 0.893. The summed E-state index contributed by atoms with van der Waals surface area (Å²) >= 11 is 0. The highest BCUT2D eigenvalue weighted by molar-refractivity contribution is 5.86. The Morgan fingerprint density at radius 3 is 2.38 bits per heavy atom. The Morgan fingerprint density at radius 1 is 1.88 bits per heavy atom. The lowest BCUT2D eigenvalue weighted by Crippen LogP contribution is -1.97. The van der Waals surface area contributed by atoms with E-state index in [1.54, 1.807) is 13.0 Å². The Hall–Kier alpha value is -0.790. The molecule has 0 bridgehead atoms. The maximum atomic E-state index is 10.1. The van der Waals surface area contributed by atoms with Gasteiger partial charge in [0, 0.05) is 5.57 Å². The van der Waals surface area contributed by atoms with Crippen molar-refractivity contribution < 1.29 is 9.90 Å². The summed E-state index contributed by atoms with van der Waals surface area (Å²) in [6.45, 7) is 5.12. The Balaban J connectivity index is 3.92.